The van der Waals surface area contributed by atoms with E-state index >= 15 is 0 Å². The molecule has 162 valence electrons. The van der Waals surface area contributed by atoms with Gasteiger partial charge in [0.25, 0.3) is 0 Å². The van der Waals surface area contributed by atoms with Crippen LogP contribution in [0.3, 0.4) is 0 Å². The number of nitrogens with one attached hydrogen (secondary N) is 1. The molecule has 2 fully saturated rings. The molecule has 0 aliphatic carbocycles. The van der Waals surface area contributed by atoms with Gasteiger partial charge in [-0.15, -0.1) is 13.2 Å². The largest absolute Gasteiger partial charge is 0.573 e. The van der Waals surface area contributed by atoms with Crippen LogP contribution in [-0.4, -0.2) is 49.1 Å². The first-order chi connectivity index (χ1) is 13.5. The molecule has 2 aliphatic heterocycles. The summed E-state index contributed by atoms with van der Waals surface area (Å²) in [4.78, 5) is 14.3. The van der Waals surface area contributed by atoms with E-state index in [0.717, 1.165) is 32.4 Å². The van der Waals surface area contributed by atoms with Crippen molar-refractivity contribution in [2.75, 3.05) is 26.2 Å². The number of hydrogen-bond acceptors (Lipinski definition) is 4. The van der Waals surface area contributed by atoms with E-state index in [1.807, 2.05) is 0 Å². The number of ether oxygens (including phenoxy) is 2. The molecular formula is C21H29F3N2O3. The molecule has 1 N–H and O–H groups in total. The second-order valence-corrected chi connectivity index (χ2v) is 8.93. The van der Waals surface area contributed by atoms with E-state index < -0.39 is 18.1 Å². The Balaban J connectivity index is 1.94. The monoisotopic (exact) mass is 414 g/mol. The number of alkyl halides is 3. The van der Waals surface area contributed by atoms with Gasteiger partial charge in [0.1, 0.15) is 11.4 Å². The summed E-state index contributed by atoms with van der Waals surface area (Å²) in [5.41, 5.74) is -0.303. The topological polar surface area (TPSA) is 50.8 Å². The lowest BCUT2D eigenvalue weighted by molar-refractivity contribution is -0.275. The second kappa shape index (κ2) is 8.05. The van der Waals surface area contributed by atoms with Crippen LogP contribution in [0.5, 0.6) is 5.75 Å². The number of carbonyl (C=O) groups excluding carboxylic acids is 1. The summed E-state index contributed by atoms with van der Waals surface area (Å²) in [5, 5.41) is 3.33. The first-order valence-corrected chi connectivity index (χ1v) is 10.0. The Labute approximate surface area is 169 Å². The maximum Gasteiger partial charge on any atom is 0.573 e. The fraction of sp³-hybridized carbons (Fsp3) is 0.667. The quantitative estimate of drug-likeness (QED) is 0.764. The van der Waals surface area contributed by atoms with E-state index in [1.54, 1.807) is 37.8 Å². The third-order valence-corrected chi connectivity index (χ3v) is 5.79. The third kappa shape index (κ3) is 5.35. The molecule has 29 heavy (non-hydrogen) atoms. The molecule has 1 aromatic rings. The van der Waals surface area contributed by atoms with Gasteiger partial charge in [0.05, 0.1) is 0 Å². The Bertz CT molecular complexity index is 725. The number of piperidine rings is 2. The van der Waals surface area contributed by atoms with Gasteiger partial charge >= 0.3 is 12.5 Å². The van der Waals surface area contributed by atoms with Gasteiger partial charge in [-0.3, -0.25) is 0 Å². The molecule has 1 amide bonds. The van der Waals surface area contributed by atoms with Crippen molar-refractivity contribution in [3.8, 4) is 5.75 Å². The lowest BCUT2D eigenvalue weighted by Crippen LogP contribution is -2.52. The van der Waals surface area contributed by atoms with Gasteiger partial charge in [-0.2, -0.15) is 0 Å². The third-order valence-electron chi connectivity index (χ3n) is 5.79. The summed E-state index contributed by atoms with van der Waals surface area (Å²) >= 11 is 0. The number of halogens is 3. The molecule has 0 saturated carbocycles. The molecule has 0 radical (unpaired) electrons. The predicted molar refractivity (Wildman–Crippen MR) is 103 cm³/mol. The zero-order valence-corrected chi connectivity index (χ0v) is 17.1. The van der Waals surface area contributed by atoms with Crippen molar-refractivity contribution in [3.63, 3.8) is 0 Å². The Hall–Kier alpha value is -1.96. The maximum atomic E-state index is 13.0. The first-order valence-electron chi connectivity index (χ1n) is 10.0. The highest BCUT2D eigenvalue weighted by atomic mass is 19.4. The summed E-state index contributed by atoms with van der Waals surface area (Å²) in [6.45, 7) is 7.87. The fourth-order valence-corrected chi connectivity index (χ4v) is 4.47. The van der Waals surface area contributed by atoms with Crippen LogP contribution in [0.4, 0.5) is 18.0 Å². The molecule has 0 aromatic heterocycles. The Morgan fingerprint density at radius 3 is 2.41 bits per heavy atom. The number of para-hydroxylation sites is 1. The fourth-order valence-electron chi connectivity index (χ4n) is 4.47. The zero-order valence-electron chi connectivity index (χ0n) is 17.1. The molecule has 1 unspecified atom stereocenters. The molecule has 1 atom stereocenters. The lowest BCUT2D eigenvalue weighted by atomic mass is 9.62. The van der Waals surface area contributed by atoms with Gasteiger partial charge in [-0.25, -0.2) is 4.79 Å². The minimum atomic E-state index is -4.77. The first kappa shape index (κ1) is 21.7. The van der Waals surface area contributed by atoms with E-state index in [2.05, 4.69) is 10.1 Å². The second-order valence-electron chi connectivity index (χ2n) is 8.93. The minimum absolute atomic E-state index is 0.172. The van der Waals surface area contributed by atoms with Crippen molar-refractivity contribution < 1.29 is 27.4 Å². The van der Waals surface area contributed by atoms with Gasteiger partial charge in [-0.1, -0.05) is 18.2 Å². The zero-order chi connectivity index (χ0) is 21.3. The minimum Gasteiger partial charge on any atom is -0.444 e. The molecule has 2 saturated heterocycles. The molecule has 8 heteroatoms. The molecule has 5 nitrogen and oxygen atoms in total. The summed E-state index contributed by atoms with van der Waals surface area (Å²) in [6.07, 6.45) is -2.78. The van der Waals surface area contributed by atoms with Crippen LogP contribution in [0.25, 0.3) is 0 Å². The van der Waals surface area contributed by atoms with Crippen molar-refractivity contribution in [1.82, 2.24) is 10.2 Å². The number of likely N-dealkylation sites (tertiary alicyclic amines) is 1. The summed E-state index contributed by atoms with van der Waals surface area (Å²) in [5.74, 6) is -0.446. The van der Waals surface area contributed by atoms with Gasteiger partial charge in [0.15, 0.2) is 0 Å². The number of hydrogen-bond donors (Lipinski definition) is 1. The van der Waals surface area contributed by atoms with Crippen molar-refractivity contribution in [2.24, 2.45) is 5.41 Å². The normalized spacial score (nSPS) is 22.4. The number of benzene rings is 1. The van der Waals surface area contributed by atoms with Crippen LogP contribution < -0.4 is 10.1 Å². The van der Waals surface area contributed by atoms with Crippen LogP contribution in [0.1, 0.15) is 51.5 Å². The summed E-state index contributed by atoms with van der Waals surface area (Å²) in [6, 6.07) is 6.30. The van der Waals surface area contributed by atoms with Crippen LogP contribution >= 0.6 is 0 Å². The van der Waals surface area contributed by atoms with Crippen molar-refractivity contribution in [2.45, 2.75) is 57.9 Å². The van der Waals surface area contributed by atoms with Crippen molar-refractivity contribution in [1.29, 1.82) is 0 Å². The Morgan fingerprint density at radius 2 is 1.79 bits per heavy atom. The van der Waals surface area contributed by atoms with Gasteiger partial charge in [0, 0.05) is 19.0 Å². The Morgan fingerprint density at radius 1 is 1.14 bits per heavy atom. The average Bonchev–Trinajstić information content (AvgIpc) is 2.61. The maximum absolute atomic E-state index is 13.0. The summed E-state index contributed by atoms with van der Waals surface area (Å²) < 4.78 is 48.8. The molecule has 2 heterocycles. The molecule has 1 spiro atoms. The smallest absolute Gasteiger partial charge is 0.444 e. The SMILES string of the molecule is CC(C)(C)OC(=O)N1CCC2(CCNCC2)C(c2ccccc2OC(F)(F)F)C1. The Kier molecular flexibility index (Phi) is 6.03. The van der Waals surface area contributed by atoms with E-state index in [-0.39, 0.29) is 17.1 Å². The van der Waals surface area contributed by atoms with Crippen LogP contribution in [-0.2, 0) is 4.74 Å². The van der Waals surface area contributed by atoms with Crippen LogP contribution in [0.2, 0.25) is 0 Å². The molecule has 3 rings (SSSR count). The standard InChI is InChI=1S/C21H29F3N2O3/c1-19(2,3)29-18(27)26-13-10-20(8-11-25-12-9-20)16(14-26)15-6-4-5-7-17(15)28-21(22,23)24/h4-7,16,25H,8-14H2,1-3H3. The highest BCUT2D eigenvalue weighted by molar-refractivity contribution is 5.68. The van der Waals surface area contributed by atoms with E-state index in [4.69, 9.17) is 4.74 Å². The number of amides is 1. The average molecular weight is 414 g/mol. The van der Waals surface area contributed by atoms with Gasteiger partial charge in [0.2, 0.25) is 0 Å². The highest BCUT2D eigenvalue weighted by Gasteiger charge is 2.47. The molecule has 2 aliphatic rings. The molecule has 1 aromatic carbocycles. The van der Waals surface area contributed by atoms with Crippen molar-refractivity contribution in [3.05, 3.63) is 29.8 Å². The van der Waals surface area contributed by atoms with Crippen LogP contribution in [0, 0.1) is 5.41 Å². The summed E-state index contributed by atoms with van der Waals surface area (Å²) in [7, 11) is 0. The van der Waals surface area contributed by atoms with Gasteiger partial charge < -0.3 is 19.7 Å². The van der Waals surface area contributed by atoms with E-state index in [9.17, 15) is 18.0 Å². The van der Waals surface area contributed by atoms with Crippen molar-refractivity contribution >= 4 is 6.09 Å². The van der Waals surface area contributed by atoms with E-state index in [0.29, 0.717) is 18.7 Å². The number of nitrogens with zero attached hydrogens (tertiary/aromatic N) is 1. The van der Waals surface area contributed by atoms with Crippen LogP contribution in [0.15, 0.2) is 24.3 Å². The molecule has 0 bridgehead atoms. The molecular weight excluding hydrogens is 385 g/mol. The predicted octanol–water partition coefficient (Wildman–Crippen LogP) is 4.68. The van der Waals surface area contributed by atoms with Gasteiger partial charge in [-0.05, 0) is 70.2 Å². The lowest BCUT2D eigenvalue weighted by Gasteiger charge is -2.50. The number of carbonyl (C=O) groups is 1. The van der Waals surface area contributed by atoms with E-state index in [1.165, 1.54) is 12.1 Å². The number of rotatable bonds is 2. The highest BCUT2D eigenvalue weighted by Crippen LogP contribution is 2.51.